The van der Waals surface area contributed by atoms with E-state index >= 15 is 0 Å². The molecule has 0 saturated heterocycles. The number of aromatic hydroxyl groups is 1. The number of rotatable bonds is 4. The molecular formula is C22H17N5O3. The van der Waals surface area contributed by atoms with Crippen LogP contribution in [0, 0.1) is 0 Å². The van der Waals surface area contributed by atoms with E-state index in [1.807, 2.05) is 24.3 Å². The topological polar surface area (TPSA) is 119 Å². The summed E-state index contributed by atoms with van der Waals surface area (Å²) in [6.45, 7) is 0. The number of benzene rings is 3. The number of nitrogens with zero attached hydrogens (tertiary/aromatic N) is 2. The molecule has 1 heterocycles. The van der Waals surface area contributed by atoms with Crippen molar-refractivity contribution < 1.29 is 14.7 Å². The van der Waals surface area contributed by atoms with Gasteiger partial charge < -0.3 is 20.7 Å². The first kappa shape index (κ1) is 18.9. The van der Waals surface area contributed by atoms with E-state index in [-0.39, 0.29) is 11.6 Å². The summed E-state index contributed by atoms with van der Waals surface area (Å²) in [7, 11) is 0. The summed E-state index contributed by atoms with van der Waals surface area (Å²) in [5.41, 5.74) is 2.39. The number of aromatic nitrogens is 1. The predicted octanol–water partition coefficient (Wildman–Crippen LogP) is 5.44. The van der Waals surface area contributed by atoms with E-state index in [0.717, 1.165) is 0 Å². The quantitative estimate of drug-likeness (QED) is 0.342. The minimum absolute atomic E-state index is 0.156. The Morgan fingerprint density at radius 2 is 1.43 bits per heavy atom. The summed E-state index contributed by atoms with van der Waals surface area (Å²) in [4.78, 5) is 27.1. The van der Waals surface area contributed by atoms with Gasteiger partial charge in [0.15, 0.2) is 5.69 Å². The molecule has 0 radical (unpaired) electrons. The van der Waals surface area contributed by atoms with Gasteiger partial charge in [-0.25, -0.2) is 4.79 Å². The van der Waals surface area contributed by atoms with Crippen LogP contribution in [0.2, 0.25) is 0 Å². The van der Waals surface area contributed by atoms with Gasteiger partial charge in [-0.3, -0.25) is 4.79 Å². The van der Waals surface area contributed by atoms with Crippen LogP contribution in [0.25, 0.3) is 10.9 Å². The number of urea groups is 1. The van der Waals surface area contributed by atoms with E-state index in [0.29, 0.717) is 27.8 Å². The van der Waals surface area contributed by atoms with Crippen molar-refractivity contribution in [1.29, 1.82) is 0 Å². The number of H-pyrrole nitrogens is 1. The van der Waals surface area contributed by atoms with Gasteiger partial charge in [-0.15, -0.1) is 10.2 Å². The van der Waals surface area contributed by atoms with Crippen LogP contribution in [0.4, 0.5) is 21.9 Å². The van der Waals surface area contributed by atoms with Crippen molar-refractivity contribution >= 4 is 39.9 Å². The lowest BCUT2D eigenvalue weighted by Gasteiger charge is -2.07. The number of carbonyl (C=O) groups is 2. The average Bonchev–Trinajstić information content (AvgIpc) is 3.08. The minimum atomic E-state index is -0.569. The lowest BCUT2D eigenvalue weighted by molar-refractivity contribution is 0.0995. The van der Waals surface area contributed by atoms with Crippen LogP contribution >= 0.6 is 0 Å². The SMILES string of the molecule is O=C(Nc1ccccc1)Nc1ccc(C(=O)N=Nc2c(O)[nH]c3ccccc23)cc1. The molecule has 0 saturated carbocycles. The number of anilines is 2. The Morgan fingerprint density at radius 3 is 2.17 bits per heavy atom. The van der Waals surface area contributed by atoms with E-state index in [9.17, 15) is 14.7 Å². The zero-order valence-corrected chi connectivity index (χ0v) is 15.7. The highest BCUT2D eigenvalue weighted by atomic mass is 16.3. The summed E-state index contributed by atoms with van der Waals surface area (Å²) in [5, 5.41) is 23.6. The summed E-state index contributed by atoms with van der Waals surface area (Å²) in [6, 6.07) is 22.1. The van der Waals surface area contributed by atoms with Gasteiger partial charge in [-0.1, -0.05) is 36.4 Å². The minimum Gasteiger partial charge on any atom is -0.493 e. The normalized spacial score (nSPS) is 10.9. The molecule has 30 heavy (non-hydrogen) atoms. The Labute approximate surface area is 171 Å². The van der Waals surface area contributed by atoms with Crippen LogP contribution in [-0.2, 0) is 0 Å². The molecule has 0 fully saturated rings. The van der Waals surface area contributed by atoms with Crippen LogP contribution < -0.4 is 10.6 Å². The highest BCUT2D eigenvalue weighted by molar-refractivity contribution is 6.00. The maximum Gasteiger partial charge on any atom is 0.323 e. The third-order valence-electron chi connectivity index (χ3n) is 4.32. The average molecular weight is 399 g/mol. The monoisotopic (exact) mass is 399 g/mol. The zero-order valence-electron chi connectivity index (χ0n) is 15.7. The zero-order chi connectivity index (χ0) is 20.9. The van der Waals surface area contributed by atoms with Gasteiger partial charge in [0.05, 0.1) is 5.52 Å². The Kier molecular flexibility index (Phi) is 5.21. The van der Waals surface area contributed by atoms with Gasteiger partial charge in [0.25, 0.3) is 5.91 Å². The van der Waals surface area contributed by atoms with Crippen molar-refractivity contribution in [1.82, 2.24) is 4.98 Å². The van der Waals surface area contributed by atoms with Gasteiger partial charge in [0, 0.05) is 22.3 Å². The molecule has 4 rings (SSSR count). The van der Waals surface area contributed by atoms with Crippen molar-refractivity contribution in [2.75, 3.05) is 10.6 Å². The van der Waals surface area contributed by atoms with Crippen LogP contribution in [-0.4, -0.2) is 22.0 Å². The van der Waals surface area contributed by atoms with Crippen molar-refractivity contribution in [3.63, 3.8) is 0 Å². The van der Waals surface area contributed by atoms with Crippen molar-refractivity contribution in [3.8, 4) is 5.88 Å². The highest BCUT2D eigenvalue weighted by Crippen LogP contribution is 2.35. The summed E-state index contributed by atoms with van der Waals surface area (Å²) in [5.74, 6) is -0.725. The van der Waals surface area contributed by atoms with Gasteiger partial charge >= 0.3 is 6.03 Å². The third-order valence-corrected chi connectivity index (χ3v) is 4.32. The maximum absolute atomic E-state index is 12.3. The van der Waals surface area contributed by atoms with Crippen LogP contribution in [0.15, 0.2) is 89.1 Å². The lowest BCUT2D eigenvalue weighted by Crippen LogP contribution is -2.19. The summed E-state index contributed by atoms with van der Waals surface area (Å²) < 4.78 is 0. The van der Waals surface area contributed by atoms with Gasteiger partial charge in [-0.05, 0) is 42.5 Å². The number of para-hydroxylation sites is 2. The molecule has 4 aromatic rings. The molecule has 148 valence electrons. The second kappa shape index (κ2) is 8.27. The first-order valence-corrected chi connectivity index (χ1v) is 9.09. The number of amides is 3. The summed E-state index contributed by atoms with van der Waals surface area (Å²) in [6.07, 6.45) is 0. The standard InChI is InChI=1S/C22H17N5O3/c28-20(27-26-19-17-8-4-5-9-18(17)25-21(19)29)14-10-12-16(13-11-14)24-22(30)23-15-6-2-1-3-7-15/h1-13,25,29H,(H2,23,24,30). The van der Waals surface area contributed by atoms with E-state index in [1.165, 1.54) is 12.1 Å². The molecule has 0 aliphatic rings. The molecule has 4 N–H and O–H groups in total. The first-order valence-electron chi connectivity index (χ1n) is 9.09. The number of aromatic amines is 1. The Morgan fingerprint density at radius 1 is 0.800 bits per heavy atom. The number of carbonyl (C=O) groups excluding carboxylic acids is 2. The van der Waals surface area contributed by atoms with Crippen LogP contribution in [0.3, 0.4) is 0 Å². The van der Waals surface area contributed by atoms with Crippen molar-refractivity contribution in [2.24, 2.45) is 10.2 Å². The predicted molar refractivity (Wildman–Crippen MR) is 114 cm³/mol. The number of fused-ring (bicyclic) bond motifs is 1. The second-order valence-corrected chi connectivity index (χ2v) is 6.40. The maximum atomic E-state index is 12.3. The number of hydrogen-bond donors (Lipinski definition) is 4. The van der Waals surface area contributed by atoms with Gasteiger partial charge in [-0.2, -0.15) is 0 Å². The van der Waals surface area contributed by atoms with Crippen LogP contribution in [0.1, 0.15) is 10.4 Å². The van der Waals surface area contributed by atoms with Crippen molar-refractivity contribution in [3.05, 3.63) is 84.4 Å². The Hall–Kier alpha value is -4.46. The van der Waals surface area contributed by atoms with E-state index in [1.54, 1.807) is 42.5 Å². The molecule has 0 unspecified atom stereocenters. The Balaban J connectivity index is 1.42. The molecular weight excluding hydrogens is 382 g/mol. The lowest BCUT2D eigenvalue weighted by atomic mass is 10.2. The molecule has 1 aromatic heterocycles. The fraction of sp³-hybridized carbons (Fsp3) is 0. The molecule has 0 atom stereocenters. The molecule has 0 bridgehead atoms. The second-order valence-electron chi connectivity index (χ2n) is 6.40. The molecule has 0 spiro atoms. The molecule has 8 nitrogen and oxygen atoms in total. The fourth-order valence-corrected chi connectivity index (χ4v) is 2.88. The van der Waals surface area contributed by atoms with E-state index in [2.05, 4.69) is 25.8 Å². The first-order chi connectivity index (χ1) is 14.6. The van der Waals surface area contributed by atoms with E-state index in [4.69, 9.17) is 0 Å². The highest BCUT2D eigenvalue weighted by Gasteiger charge is 2.11. The summed E-state index contributed by atoms with van der Waals surface area (Å²) >= 11 is 0. The van der Waals surface area contributed by atoms with Crippen molar-refractivity contribution in [2.45, 2.75) is 0 Å². The van der Waals surface area contributed by atoms with Crippen LogP contribution in [0.5, 0.6) is 5.88 Å². The molecule has 8 heteroatoms. The third kappa shape index (κ3) is 4.17. The van der Waals surface area contributed by atoms with Gasteiger partial charge in [0.1, 0.15) is 0 Å². The molecule has 3 aromatic carbocycles. The smallest absolute Gasteiger partial charge is 0.323 e. The fourth-order valence-electron chi connectivity index (χ4n) is 2.88. The Bertz CT molecular complexity index is 1230. The molecule has 3 amide bonds. The van der Waals surface area contributed by atoms with E-state index < -0.39 is 11.9 Å². The largest absolute Gasteiger partial charge is 0.493 e. The molecule has 0 aliphatic carbocycles. The number of azo groups is 1. The number of nitrogens with one attached hydrogen (secondary N) is 3. The number of hydrogen-bond acceptors (Lipinski definition) is 4. The van der Waals surface area contributed by atoms with Gasteiger partial charge in [0.2, 0.25) is 5.88 Å². The molecule has 0 aliphatic heterocycles.